The largest absolute Gasteiger partial charge is 0.354 e. The zero-order valence-electron chi connectivity index (χ0n) is 16.0. The highest BCUT2D eigenvalue weighted by molar-refractivity contribution is 5.57. The number of piperidine rings is 1. The van der Waals surface area contributed by atoms with Gasteiger partial charge in [0, 0.05) is 61.6 Å². The number of aromatic nitrogens is 5. The quantitative estimate of drug-likeness (QED) is 0.692. The highest BCUT2D eigenvalue weighted by atomic mass is 15.2. The molecule has 140 valence electrons. The van der Waals surface area contributed by atoms with Crippen LogP contribution in [0.25, 0.3) is 11.4 Å². The molecule has 4 heterocycles. The fourth-order valence-electron chi connectivity index (χ4n) is 3.80. The lowest BCUT2D eigenvalue weighted by molar-refractivity contribution is 0.394. The van der Waals surface area contributed by atoms with E-state index in [1.54, 1.807) is 12.4 Å². The number of rotatable bonds is 5. The van der Waals surface area contributed by atoms with E-state index in [9.17, 15) is 0 Å². The zero-order valence-corrected chi connectivity index (χ0v) is 16.0. The van der Waals surface area contributed by atoms with Crippen molar-refractivity contribution in [3.8, 4) is 11.4 Å². The number of anilines is 1. The number of hydrogen-bond donors (Lipinski definition) is 0. The molecule has 1 saturated heterocycles. The van der Waals surface area contributed by atoms with Gasteiger partial charge in [-0.1, -0.05) is 13.8 Å². The average molecular weight is 362 g/mol. The number of nitrogens with zero attached hydrogens (tertiary/aromatic N) is 6. The molecule has 27 heavy (non-hydrogen) atoms. The normalized spacial score (nSPS) is 17.3. The van der Waals surface area contributed by atoms with Gasteiger partial charge >= 0.3 is 0 Å². The molecular formula is C21H26N6. The summed E-state index contributed by atoms with van der Waals surface area (Å²) in [6, 6.07) is 6.52. The topological polar surface area (TPSA) is 59.7 Å². The van der Waals surface area contributed by atoms with E-state index in [2.05, 4.69) is 45.5 Å². The Hall–Kier alpha value is -2.76. The minimum absolute atomic E-state index is 0.445. The van der Waals surface area contributed by atoms with Crippen molar-refractivity contribution in [3.05, 3.63) is 54.5 Å². The summed E-state index contributed by atoms with van der Waals surface area (Å²) in [6.45, 7) is 6.29. The molecule has 0 radical (unpaired) electrons. The molecule has 6 heteroatoms. The molecular weight excluding hydrogens is 336 g/mol. The first kappa shape index (κ1) is 17.6. The van der Waals surface area contributed by atoms with Crippen LogP contribution in [-0.4, -0.2) is 37.6 Å². The standard InChI is InChI=1S/C21H26N6/c1-3-17-14-20(25-21(24-17)16-7-9-22-10-8-16)26-12-5-6-18(15-26)27-13-11-23-19(27)4-2/h7-11,13-14,18H,3-6,12,15H2,1-2H3. The summed E-state index contributed by atoms with van der Waals surface area (Å²) < 4.78 is 2.35. The molecule has 4 rings (SSSR count). The summed E-state index contributed by atoms with van der Waals surface area (Å²) in [5, 5.41) is 0. The maximum atomic E-state index is 4.90. The fourth-order valence-corrected chi connectivity index (χ4v) is 3.80. The van der Waals surface area contributed by atoms with Crippen LogP contribution in [-0.2, 0) is 12.8 Å². The molecule has 0 spiro atoms. The third kappa shape index (κ3) is 3.70. The Kier molecular flexibility index (Phi) is 5.14. The zero-order chi connectivity index (χ0) is 18.6. The molecule has 0 N–H and O–H groups in total. The van der Waals surface area contributed by atoms with E-state index < -0.39 is 0 Å². The molecule has 3 aromatic heterocycles. The minimum Gasteiger partial charge on any atom is -0.354 e. The van der Waals surface area contributed by atoms with Crippen molar-refractivity contribution in [2.75, 3.05) is 18.0 Å². The fraction of sp³-hybridized carbons (Fsp3) is 0.429. The highest BCUT2D eigenvalue weighted by Crippen LogP contribution is 2.28. The summed E-state index contributed by atoms with van der Waals surface area (Å²) >= 11 is 0. The monoisotopic (exact) mass is 362 g/mol. The molecule has 1 fully saturated rings. The lowest BCUT2D eigenvalue weighted by atomic mass is 10.0. The van der Waals surface area contributed by atoms with Crippen molar-refractivity contribution in [2.24, 2.45) is 0 Å². The van der Waals surface area contributed by atoms with Gasteiger partial charge in [-0.05, 0) is 31.4 Å². The van der Waals surface area contributed by atoms with Gasteiger partial charge in [-0.3, -0.25) is 4.98 Å². The molecule has 3 aromatic rings. The van der Waals surface area contributed by atoms with E-state index in [0.29, 0.717) is 6.04 Å². The lowest BCUT2D eigenvalue weighted by Crippen LogP contribution is -2.37. The Bertz CT molecular complexity index is 889. The maximum absolute atomic E-state index is 4.90. The first-order valence-corrected chi connectivity index (χ1v) is 9.83. The maximum Gasteiger partial charge on any atom is 0.161 e. The van der Waals surface area contributed by atoms with Crippen LogP contribution in [0.15, 0.2) is 43.0 Å². The van der Waals surface area contributed by atoms with E-state index >= 15 is 0 Å². The van der Waals surface area contributed by atoms with Crippen molar-refractivity contribution in [2.45, 2.75) is 45.6 Å². The predicted octanol–water partition coefficient (Wildman–Crippen LogP) is 3.70. The van der Waals surface area contributed by atoms with Crippen LogP contribution in [0.1, 0.15) is 44.2 Å². The van der Waals surface area contributed by atoms with E-state index in [1.165, 1.54) is 6.42 Å². The van der Waals surface area contributed by atoms with E-state index in [0.717, 1.165) is 61.1 Å². The SMILES string of the molecule is CCc1cc(N2CCCC(n3ccnc3CC)C2)nc(-c2ccncc2)n1. The molecule has 1 atom stereocenters. The van der Waals surface area contributed by atoms with Gasteiger partial charge in [0.25, 0.3) is 0 Å². The van der Waals surface area contributed by atoms with Crippen LogP contribution in [0, 0.1) is 0 Å². The van der Waals surface area contributed by atoms with Gasteiger partial charge in [0.1, 0.15) is 11.6 Å². The molecule has 0 aromatic carbocycles. The van der Waals surface area contributed by atoms with Gasteiger partial charge in [0.15, 0.2) is 5.82 Å². The van der Waals surface area contributed by atoms with Crippen molar-refractivity contribution in [1.82, 2.24) is 24.5 Å². The van der Waals surface area contributed by atoms with Crippen molar-refractivity contribution >= 4 is 5.82 Å². The van der Waals surface area contributed by atoms with E-state index in [4.69, 9.17) is 9.97 Å². The second-order valence-electron chi connectivity index (χ2n) is 6.98. The number of aryl methyl sites for hydroxylation is 2. The first-order chi connectivity index (χ1) is 13.3. The Labute approximate surface area is 160 Å². The van der Waals surface area contributed by atoms with Gasteiger partial charge < -0.3 is 9.47 Å². The molecule has 6 nitrogen and oxygen atoms in total. The first-order valence-electron chi connectivity index (χ1n) is 9.83. The Morgan fingerprint density at radius 3 is 2.70 bits per heavy atom. The lowest BCUT2D eigenvalue weighted by Gasteiger charge is -2.35. The molecule has 0 amide bonds. The second-order valence-corrected chi connectivity index (χ2v) is 6.98. The summed E-state index contributed by atoms with van der Waals surface area (Å²) in [5.41, 5.74) is 2.09. The molecule has 1 unspecified atom stereocenters. The third-order valence-electron chi connectivity index (χ3n) is 5.25. The number of imidazole rings is 1. The Morgan fingerprint density at radius 1 is 1.07 bits per heavy atom. The Morgan fingerprint density at radius 2 is 1.93 bits per heavy atom. The van der Waals surface area contributed by atoms with Gasteiger partial charge in [0.2, 0.25) is 0 Å². The van der Waals surface area contributed by atoms with E-state index in [-0.39, 0.29) is 0 Å². The van der Waals surface area contributed by atoms with Gasteiger partial charge in [-0.15, -0.1) is 0 Å². The molecule has 1 aliphatic heterocycles. The molecule has 0 bridgehead atoms. The van der Waals surface area contributed by atoms with Gasteiger partial charge in [-0.25, -0.2) is 15.0 Å². The highest BCUT2D eigenvalue weighted by Gasteiger charge is 2.24. The number of hydrogen-bond acceptors (Lipinski definition) is 5. The third-order valence-corrected chi connectivity index (χ3v) is 5.25. The average Bonchev–Trinajstić information content (AvgIpc) is 3.23. The summed E-state index contributed by atoms with van der Waals surface area (Å²) in [6.07, 6.45) is 11.8. The molecule has 0 aliphatic carbocycles. The summed E-state index contributed by atoms with van der Waals surface area (Å²) in [7, 11) is 0. The second kappa shape index (κ2) is 7.86. The molecule has 1 aliphatic rings. The van der Waals surface area contributed by atoms with Crippen LogP contribution in [0.5, 0.6) is 0 Å². The summed E-state index contributed by atoms with van der Waals surface area (Å²) in [5.74, 6) is 2.97. The van der Waals surface area contributed by atoms with Crippen molar-refractivity contribution in [1.29, 1.82) is 0 Å². The smallest absolute Gasteiger partial charge is 0.161 e. The van der Waals surface area contributed by atoms with Crippen LogP contribution in [0.4, 0.5) is 5.82 Å². The summed E-state index contributed by atoms with van der Waals surface area (Å²) in [4.78, 5) is 20.6. The van der Waals surface area contributed by atoms with Gasteiger partial charge in [0.05, 0.1) is 6.04 Å². The van der Waals surface area contributed by atoms with Crippen molar-refractivity contribution < 1.29 is 0 Å². The van der Waals surface area contributed by atoms with Crippen LogP contribution >= 0.6 is 0 Å². The van der Waals surface area contributed by atoms with Crippen LogP contribution in [0.3, 0.4) is 0 Å². The number of pyridine rings is 1. The molecule has 0 saturated carbocycles. The van der Waals surface area contributed by atoms with Crippen molar-refractivity contribution in [3.63, 3.8) is 0 Å². The van der Waals surface area contributed by atoms with Gasteiger partial charge in [-0.2, -0.15) is 0 Å². The predicted molar refractivity (Wildman–Crippen MR) is 107 cm³/mol. The van der Waals surface area contributed by atoms with Crippen LogP contribution in [0.2, 0.25) is 0 Å². The Balaban J connectivity index is 1.64. The van der Waals surface area contributed by atoms with Crippen LogP contribution < -0.4 is 4.90 Å². The van der Waals surface area contributed by atoms with E-state index in [1.807, 2.05) is 18.3 Å². The minimum atomic E-state index is 0.445.